The van der Waals surface area contributed by atoms with Gasteiger partial charge in [-0.05, 0) is 17.9 Å². The van der Waals surface area contributed by atoms with Gasteiger partial charge in [-0.2, -0.15) is 0 Å². The van der Waals surface area contributed by atoms with Crippen LogP contribution in [0, 0.1) is 0 Å². The lowest BCUT2D eigenvalue weighted by Gasteiger charge is -2.14. The zero-order valence-electron chi connectivity index (χ0n) is 10.3. The molecule has 0 saturated carbocycles. The van der Waals surface area contributed by atoms with Gasteiger partial charge in [-0.15, -0.1) is 0 Å². The summed E-state index contributed by atoms with van der Waals surface area (Å²) < 4.78 is 12.4. The molecule has 0 fully saturated rings. The standard InChI is InChI=1S/C11H25OPS2/c1-4-7-8-9-10-11-13(12,14-5-2)15-6-3/h4-11H2,1-3H3. The topological polar surface area (TPSA) is 17.1 Å². The van der Waals surface area contributed by atoms with Gasteiger partial charge in [0.15, 0.2) is 5.55 Å². The fourth-order valence-corrected chi connectivity index (χ4v) is 9.90. The molecule has 92 valence electrons. The van der Waals surface area contributed by atoms with Crippen LogP contribution in [0.3, 0.4) is 0 Å². The van der Waals surface area contributed by atoms with Crippen LogP contribution in [-0.2, 0) is 4.57 Å². The van der Waals surface area contributed by atoms with Gasteiger partial charge in [0.1, 0.15) is 0 Å². The molecule has 0 aliphatic rings. The molecule has 0 unspecified atom stereocenters. The highest BCUT2D eigenvalue weighted by molar-refractivity contribution is 8.90. The van der Waals surface area contributed by atoms with Gasteiger partial charge in [-0.3, -0.25) is 0 Å². The van der Waals surface area contributed by atoms with Crippen LogP contribution in [0.2, 0.25) is 0 Å². The molecule has 0 bridgehead atoms. The van der Waals surface area contributed by atoms with Gasteiger partial charge in [0, 0.05) is 6.16 Å². The van der Waals surface area contributed by atoms with Crippen molar-refractivity contribution in [3.63, 3.8) is 0 Å². The Kier molecular flexibility index (Phi) is 10.7. The van der Waals surface area contributed by atoms with Gasteiger partial charge in [0.05, 0.1) is 0 Å². The van der Waals surface area contributed by atoms with E-state index >= 15 is 0 Å². The van der Waals surface area contributed by atoms with Gasteiger partial charge in [-0.25, -0.2) is 0 Å². The average molecular weight is 268 g/mol. The zero-order chi connectivity index (χ0) is 11.6. The second-order valence-corrected chi connectivity index (χ2v) is 12.7. The highest BCUT2D eigenvalue weighted by atomic mass is 33.1. The van der Waals surface area contributed by atoms with Crippen molar-refractivity contribution in [2.75, 3.05) is 17.7 Å². The van der Waals surface area contributed by atoms with Crippen LogP contribution >= 0.6 is 28.3 Å². The summed E-state index contributed by atoms with van der Waals surface area (Å²) >= 11 is 3.37. The van der Waals surface area contributed by atoms with Crippen LogP contribution in [0.5, 0.6) is 0 Å². The Morgan fingerprint density at radius 1 is 0.867 bits per heavy atom. The van der Waals surface area contributed by atoms with Crippen molar-refractivity contribution in [2.24, 2.45) is 0 Å². The molecule has 0 aromatic heterocycles. The van der Waals surface area contributed by atoms with Gasteiger partial charge in [-0.1, -0.05) is 69.2 Å². The summed E-state index contributed by atoms with van der Waals surface area (Å²) in [6, 6.07) is 0. The van der Waals surface area contributed by atoms with E-state index in [1.54, 1.807) is 22.8 Å². The lowest BCUT2D eigenvalue weighted by atomic mass is 10.2. The number of unbranched alkanes of at least 4 members (excludes halogenated alkanes) is 4. The van der Waals surface area contributed by atoms with Crippen LogP contribution in [0.1, 0.15) is 52.9 Å². The molecule has 15 heavy (non-hydrogen) atoms. The summed E-state index contributed by atoms with van der Waals surface area (Å²) in [5.41, 5.74) is -1.93. The van der Waals surface area contributed by atoms with E-state index in [1.807, 2.05) is 0 Å². The van der Waals surface area contributed by atoms with E-state index in [9.17, 15) is 4.57 Å². The highest BCUT2D eigenvalue weighted by Gasteiger charge is 2.20. The normalized spacial score (nSPS) is 11.9. The quantitative estimate of drug-likeness (QED) is 0.376. The first-order valence-corrected chi connectivity index (χ1v) is 11.1. The van der Waals surface area contributed by atoms with Crippen LogP contribution < -0.4 is 0 Å². The molecule has 0 saturated heterocycles. The first-order chi connectivity index (χ1) is 7.18. The van der Waals surface area contributed by atoms with Crippen molar-refractivity contribution < 1.29 is 4.57 Å². The van der Waals surface area contributed by atoms with Crippen LogP contribution in [0.25, 0.3) is 0 Å². The Morgan fingerprint density at radius 3 is 1.87 bits per heavy atom. The second kappa shape index (κ2) is 10.1. The minimum atomic E-state index is -1.93. The smallest absolute Gasteiger partial charge is 0.191 e. The van der Waals surface area contributed by atoms with Gasteiger partial charge < -0.3 is 4.57 Å². The molecule has 0 aliphatic heterocycles. The highest BCUT2D eigenvalue weighted by Crippen LogP contribution is 2.69. The Bertz CT molecular complexity index is 175. The third-order valence-corrected chi connectivity index (χ3v) is 11.3. The van der Waals surface area contributed by atoms with Crippen LogP contribution in [0.15, 0.2) is 0 Å². The predicted molar refractivity (Wildman–Crippen MR) is 77.5 cm³/mol. The van der Waals surface area contributed by atoms with Gasteiger partial charge >= 0.3 is 0 Å². The van der Waals surface area contributed by atoms with Crippen LogP contribution in [-0.4, -0.2) is 17.7 Å². The summed E-state index contributed by atoms with van der Waals surface area (Å²) in [5, 5.41) is 0. The van der Waals surface area contributed by atoms with Crippen molar-refractivity contribution in [3.05, 3.63) is 0 Å². The summed E-state index contributed by atoms with van der Waals surface area (Å²) in [7, 11) is 0. The lowest BCUT2D eigenvalue weighted by molar-refractivity contribution is 0.588. The number of hydrogen-bond donors (Lipinski definition) is 0. The van der Waals surface area contributed by atoms with Crippen molar-refractivity contribution >= 4 is 28.3 Å². The molecule has 0 spiro atoms. The summed E-state index contributed by atoms with van der Waals surface area (Å²) in [6.07, 6.45) is 7.26. The summed E-state index contributed by atoms with van der Waals surface area (Å²) in [6.45, 7) is 6.43. The van der Waals surface area contributed by atoms with Gasteiger partial charge in [0.2, 0.25) is 0 Å². The summed E-state index contributed by atoms with van der Waals surface area (Å²) in [4.78, 5) is 0. The molecule has 0 N–H and O–H groups in total. The fraction of sp³-hybridized carbons (Fsp3) is 1.00. The Morgan fingerprint density at radius 2 is 1.40 bits per heavy atom. The Balaban J connectivity index is 3.71. The van der Waals surface area contributed by atoms with Crippen LogP contribution in [0.4, 0.5) is 0 Å². The fourth-order valence-electron chi connectivity index (χ4n) is 1.47. The molecule has 0 amide bonds. The maximum atomic E-state index is 12.4. The molecule has 4 heteroatoms. The zero-order valence-corrected chi connectivity index (χ0v) is 12.9. The van der Waals surface area contributed by atoms with Crippen molar-refractivity contribution in [1.82, 2.24) is 0 Å². The SMILES string of the molecule is CCCCCCCP(=O)(SCC)SCC. The minimum Gasteiger partial charge on any atom is -0.300 e. The monoisotopic (exact) mass is 268 g/mol. The van der Waals surface area contributed by atoms with E-state index < -0.39 is 5.55 Å². The van der Waals surface area contributed by atoms with Crippen molar-refractivity contribution in [2.45, 2.75) is 52.9 Å². The molecule has 0 atom stereocenters. The Labute approximate surface area is 103 Å². The predicted octanol–water partition coefficient (Wildman–Crippen LogP) is 5.66. The second-order valence-electron chi connectivity index (χ2n) is 3.58. The van der Waals surface area contributed by atoms with E-state index in [-0.39, 0.29) is 0 Å². The minimum absolute atomic E-state index is 0.938. The van der Waals surface area contributed by atoms with E-state index in [1.165, 1.54) is 25.7 Å². The third kappa shape index (κ3) is 8.71. The first kappa shape index (κ1) is 15.9. The molecule has 0 aromatic carbocycles. The van der Waals surface area contributed by atoms with E-state index in [0.717, 1.165) is 24.1 Å². The molecule has 0 heterocycles. The van der Waals surface area contributed by atoms with Gasteiger partial charge in [0.25, 0.3) is 0 Å². The number of rotatable bonds is 10. The van der Waals surface area contributed by atoms with E-state index in [4.69, 9.17) is 0 Å². The molecule has 0 radical (unpaired) electrons. The molecular weight excluding hydrogens is 243 g/mol. The van der Waals surface area contributed by atoms with E-state index in [0.29, 0.717) is 0 Å². The lowest BCUT2D eigenvalue weighted by Crippen LogP contribution is -1.86. The Hall–Kier alpha value is 0.930. The molecular formula is C11H25OPS2. The van der Waals surface area contributed by atoms with Crippen molar-refractivity contribution in [1.29, 1.82) is 0 Å². The molecule has 0 rings (SSSR count). The first-order valence-electron chi connectivity index (χ1n) is 6.06. The largest absolute Gasteiger partial charge is 0.300 e. The van der Waals surface area contributed by atoms with Crippen molar-refractivity contribution in [3.8, 4) is 0 Å². The molecule has 1 nitrogen and oxygen atoms in total. The maximum absolute atomic E-state index is 12.4. The maximum Gasteiger partial charge on any atom is 0.191 e. The molecule has 0 aliphatic carbocycles. The average Bonchev–Trinajstić information content (AvgIpc) is 2.18. The summed E-state index contributed by atoms with van der Waals surface area (Å²) in [5.74, 6) is 1.97. The number of hydrogen-bond acceptors (Lipinski definition) is 3. The van der Waals surface area contributed by atoms with E-state index in [2.05, 4.69) is 20.8 Å². The molecule has 0 aromatic rings. The third-order valence-electron chi connectivity index (χ3n) is 2.19.